The molecule has 8 unspecified atom stereocenters. The van der Waals surface area contributed by atoms with Gasteiger partial charge >= 0.3 is 0 Å². The van der Waals surface area contributed by atoms with Gasteiger partial charge in [0.05, 0.1) is 44.1 Å². The summed E-state index contributed by atoms with van der Waals surface area (Å²) in [6.45, 7) is 10.4. The van der Waals surface area contributed by atoms with Gasteiger partial charge in [0.25, 0.3) is 0 Å². The van der Waals surface area contributed by atoms with Crippen LogP contribution in [-0.4, -0.2) is 49.2 Å². The van der Waals surface area contributed by atoms with E-state index >= 15 is 0 Å². The fourth-order valence-electron chi connectivity index (χ4n) is 6.45. The van der Waals surface area contributed by atoms with Gasteiger partial charge in [-0.15, -0.1) is 11.6 Å². The van der Waals surface area contributed by atoms with Crippen LogP contribution in [0.5, 0.6) is 0 Å². The molecule has 4 nitrogen and oxygen atoms in total. The minimum atomic E-state index is -0.930. The smallest absolute Gasteiger partial charge is 0.0922 e. The van der Waals surface area contributed by atoms with E-state index in [0.717, 1.165) is 32.1 Å². The van der Waals surface area contributed by atoms with E-state index in [4.69, 9.17) is 40.8 Å². The molecular formula is C22H33ClN2O2S2. The van der Waals surface area contributed by atoms with Crippen molar-refractivity contribution in [1.82, 2.24) is 0 Å². The van der Waals surface area contributed by atoms with Crippen molar-refractivity contribution in [1.29, 1.82) is 0 Å². The van der Waals surface area contributed by atoms with Crippen molar-refractivity contribution in [3.63, 3.8) is 0 Å². The first kappa shape index (κ1) is 23.5. The van der Waals surface area contributed by atoms with E-state index in [1.165, 1.54) is 0 Å². The molecule has 8 atom stereocenters. The number of thiocarbonyl (C=S) groups is 2. The van der Waals surface area contributed by atoms with E-state index in [1.54, 1.807) is 0 Å². The molecule has 29 heavy (non-hydrogen) atoms. The van der Waals surface area contributed by atoms with E-state index in [-0.39, 0.29) is 40.3 Å². The molecule has 0 aromatic heterocycles. The van der Waals surface area contributed by atoms with Gasteiger partial charge < -0.3 is 9.84 Å². The highest BCUT2D eigenvalue weighted by Crippen LogP contribution is 2.58. The Balaban J connectivity index is 2.08. The summed E-state index contributed by atoms with van der Waals surface area (Å²) in [5.41, 5.74) is -1.98. The maximum absolute atomic E-state index is 11.2. The summed E-state index contributed by atoms with van der Waals surface area (Å²) in [7, 11) is 0. The molecule has 162 valence electrons. The summed E-state index contributed by atoms with van der Waals surface area (Å²) in [5.74, 6) is 0.521. The number of alkyl halides is 1. The Morgan fingerprint density at radius 1 is 0.966 bits per heavy atom. The number of hydrogen-bond acceptors (Lipinski definition) is 6. The number of aliphatic hydroxyl groups is 1. The first-order valence-corrected chi connectivity index (χ1v) is 11.9. The lowest BCUT2D eigenvalue weighted by Gasteiger charge is -2.60. The Morgan fingerprint density at radius 2 is 1.62 bits per heavy atom. The van der Waals surface area contributed by atoms with E-state index in [2.05, 4.69) is 48.0 Å². The Labute approximate surface area is 190 Å². The van der Waals surface area contributed by atoms with Gasteiger partial charge in [0.2, 0.25) is 0 Å². The lowest BCUT2D eigenvalue weighted by molar-refractivity contribution is -0.220. The van der Waals surface area contributed by atoms with Crippen molar-refractivity contribution in [2.75, 3.05) is 0 Å². The highest BCUT2D eigenvalue weighted by atomic mass is 35.5. The zero-order valence-corrected chi connectivity index (χ0v) is 20.5. The van der Waals surface area contributed by atoms with Gasteiger partial charge in [-0.25, -0.2) is 9.98 Å². The fourth-order valence-corrected chi connectivity index (χ4v) is 6.93. The first-order valence-electron chi connectivity index (χ1n) is 10.6. The topological polar surface area (TPSA) is 54.2 Å². The third kappa shape index (κ3) is 4.15. The molecule has 1 N–H and O–H groups in total. The summed E-state index contributed by atoms with van der Waals surface area (Å²) >= 11 is 16.5. The molecular weight excluding hydrogens is 424 g/mol. The fraction of sp³-hybridized carbons (Fsp3) is 0.909. The van der Waals surface area contributed by atoms with Crippen LogP contribution in [-0.2, 0) is 4.74 Å². The third-order valence-electron chi connectivity index (χ3n) is 8.07. The molecule has 1 heterocycles. The van der Waals surface area contributed by atoms with Crippen molar-refractivity contribution in [2.45, 2.75) is 107 Å². The molecule has 3 rings (SSSR count). The van der Waals surface area contributed by atoms with Gasteiger partial charge in [-0.2, -0.15) is 0 Å². The number of ether oxygens (including phenoxy) is 1. The summed E-state index contributed by atoms with van der Waals surface area (Å²) in [6, 6.07) is -0.332. The number of rotatable bonds is 3. The lowest BCUT2D eigenvalue weighted by atomic mass is 9.51. The maximum atomic E-state index is 11.2. The van der Waals surface area contributed by atoms with Gasteiger partial charge in [0.15, 0.2) is 0 Å². The van der Waals surface area contributed by atoms with Crippen LogP contribution in [0.1, 0.15) is 73.1 Å². The Bertz CT molecular complexity index is 747. The summed E-state index contributed by atoms with van der Waals surface area (Å²) in [5, 5.41) is 16.4. The van der Waals surface area contributed by atoms with Crippen molar-refractivity contribution in [3.8, 4) is 0 Å². The molecule has 2 saturated carbocycles. The molecule has 0 amide bonds. The average molecular weight is 457 g/mol. The standard InChI is InChI=1S/C22H33ClN2O2S2/c1-19(2)16(23)8-11-22(5,27-19)15-6-9-20(3,25-13-29)14-7-10-21(4,26)18(17(14)15)24-12-28/h14-18,26H,6-11H2,1-5H3. The van der Waals surface area contributed by atoms with Crippen LogP contribution in [0.3, 0.4) is 0 Å². The number of aliphatic imine (C=N–C) groups is 2. The minimum Gasteiger partial charge on any atom is -0.388 e. The van der Waals surface area contributed by atoms with Crippen LogP contribution in [0.4, 0.5) is 0 Å². The monoisotopic (exact) mass is 456 g/mol. The first-order chi connectivity index (χ1) is 13.4. The van der Waals surface area contributed by atoms with Gasteiger partial charge in [-0.05, 0) is 115 Å². The summed E-state index contributed by atoms with van der Waals surface area (Å²) < 4.78 is 6.72. The number of nitrogens with zero attached hydrogens (tertiary/aromatic N) is 2. The Morgan fingerprint density at radius 3 is 2.21 bits per heavy atom. The van der Waals surface area contributed by atoms with Crippen molar-refractivity contribution >= 4 is 46.4 Å². The molecule has 1 aliphatic heterocycles. The lowest BCUT2D eigenvalue weighted by Crippen LogP contribution is -2.64. The van der Waals surface area contributed by atoms with Crippen LogP contribution in [0.2, 0.25) is 0 Å². The highest BCUT2D eigenvalue weighted by molar-refractivity contribution is 7.78. The Kier molecular flexibility index (Phi) is 6.52. The molecule has 0 aromatic rings. The molecule has 7 heteroatoms. The van der Waals surface area contributed by atoms with Gasteiger partial charge in [0.1, 0.15) is 0 Å². The van der Waals surface area contributed by atoms with E-state index in [9.17, 15) is 5.11 Å². The predicted octanol–water partition coefficient (Wildman–Crippen LogP) is 5.46. The number of isothiocyanates is 2. The number of fused-ring (bicyclic) bond motifs is 1. The Hall–Kier alpha value is -0.190. The zero-order chi connectivity index (χ0) is 21.7. The molecule has 3 aliphatic rings. The SMILES string of the molecule is CC1(O)CCC2C(C1N=C=S)C(C1(C)CCC(Cl)C(C)(C)O1)CCC2(C)N=C=S. The van der Waals surface area contributed by atoms with E-state index < -0.39 is 11.2 Å². The van der Waals surface area contributed by atoms with Gasteiger partial charge in [-0.1, -0.05) is 0 Å². The molecule has 0 aromatic carbocycles. The van der Waals surface area contributed by atoms with Crippen molar-refractivity contribution in [3.05, 3.63) is 0 Å². The summed E-state index contributed by atoms with van der Waals surface area (Å²) in [6.07, 6.45) is 5.17. The largest absolute Gasteiger partial charge is 0.388 e. The minimum absolute atomic E-state index is 0.0103. The molecule has 0 spiro atoms. The zero-order valence-electron chi connectivity index (χ0n) is 18.1. The second-order valence-electron chi connectivity index (χ2n) is 10.5. The van der Waals surface area contributed by atoms with Gasteiger partial charge in [-0.3, -0.25) is 0 Å². The second kappa shape index (κ2) is 8.06. The van der Waals surface area contributed by atoms with E-state index in [1.807, 2.05) is 6.92 Å². The third-order valence-corrected chi connectivity index (χ3v) is 9.02. The summed E-state index contributed by atoms with van der Waals surface area (Å²) in [4.78, 5) is 9.14. The van der Waals surface area contributed by atoms with Crippen LogP contribution in [0.15, 0.2) is 9.98 Å². The van der Waals surface area contributed by atoms with Crippen LogP contribution in [0.25, 0.3) is 0 Å². The number of hydrogen-bond donors (Lipinski definition) is 1. The maximum Gasteiger partial charge on any atom is 0.0922 e. The quantitative estimate of drug-likeness (QED) is 0.348. The molecule has 2 aliphatic carbocycles. The molecule has 0 bridgehead atoms. The van der Waals surface area contributed by atoms with Crippen LogP contribution < -0.4 is 0 Å². The van der Waals surface area contributed by atoms with Gasteiger partial charge in [0, 0.05) is 0 Å². The molecule has 0 radical (unpaired) electrons. The van der Waals surface area contributed by atoms with Crippen molar-refractivity contribution < 1.29 is 9.84 Å². The van der Waals surface area contributed by atoms with Crippen LogP contribution in [0, 0.1) is 17.8 Å². The predicted molar refractivity (Wildman–Crippen MR) is 124 cm³/mol. The van der Waals surface area contributed by atoms with E-state index in [0.29, 0.717) is 6.42 Å². The second-order valence-corrected chi connectivity index (χ2v) is 11.4. The molecule has 1 saturated heterocycles. The van der Waals surface area contributed by atoms with Crippen LogP contribution >= 0.6 is 36.0 Å². The van der Waals surface area contributed by atoms with Crippen molar-refractivity contribution in [2.24, 2.45) is 27.7 Å². The normalized spacial score (nSPS) is 49.3. The number of halogens is 1. The highest BCUT2D eigenvalue weighted by Gasteiger charge is 2.61. The average Bonchev–Trinajstić information content (AvgIpc) is 2.61. The molecule has 3 fully saturated rings.